The number of aliphatic imine (C=N–C) groups is 1. The molecule has 5 N–H and O–H groups in total. The summed E-state index contributed by atoms with van der Waals surface area (Å²) in [4.78, 5) is 4.22. The largest absolute Gasteiger partial charge is 0.377 e. The van der Waals surface area contributed by atoms with Gasteiger partial charge in [-0.05, 0) is 24.1 Å². The fraction of sp³-hybridized carbons (Fsp3) is 0.308. The number of hydrogen-bond donors (Lipinski definition) is 3. The third-order valence-corrected chi connectivity index (χ3v) is 3.07. The molecule has 1 aromatic rings. The van der Waals surface area contributed by atoms with Crippen molar-refractivity contribution in [3.05, 3.63) is 47.7 Å². The van der Waals surface area contributed by atoms with Gasteiger partial charge < -0.3 is 15.8 Å². The van der Waals surface area contributed by atoms with E-state index in [1.54, 1.807) is 19.4 Å². The molecule has 18 heavy (non-hydrogen) atoms. The van der Waals surface area contributed by atoms with Gasteiger partial charge in [-0.3, -0.25) is 5.73 Å². The summed E-state index contributed by atoms with van der Waals surface area (Å²) in [5.74, 6) is 0.314. The maximum Gasteiger partial charge on any atom is 0.195 e. The SMILES string of the molecule is COC(C)c1ccc(C2(N)C=CNC(N)=N2)cc1. The van der Waals surface area contributed by atoms with Crippen LogP contribution < -0.4 is 16.8 Å². The van der Waals surface area contributed by atoms with Gasteiger partial charge in [0.2, 0.25) is 0 Å². The number of guanidine groups is 1. The first-order valence-corrected chi connectivity index (χ1v) is 5.77. The van der Waals surface area contributed by atoms with Gasteiger partial charge in [0.15, 0.2) is 11.6 Å². The van der Waals surface area contributed by atoms with Crippen LogP contribution in [0.15, 0.2) is 41.5 Å². The lowest BCUT2D eigenvalue weighted by Gasteiger charge is -2.26. The first-order chi connectivity index (χ1) is 8.55. The van der Waals surface area contributed by atoms with Crippen molar-refractivity contribution in [3.8, 4) is 0 Å². The highest BCUT2D eigenvalue weighted by atomic mass is 16.5. The number of benzene rings is 1. The van der Waals surface area contributed by atoms with Crippen LogP contribution in [0.3, 0.4) is 0 Å². The average molecular weight is 246 g/mol. The summed E-state index contributed by atoms with van der Waals surface area (Å²) in [5, 5.41) is 2.79. The fourth-order valence-corrected chi connectivity index (χ4v) is 1.84. The molecule has 2 atom stereocenters. The standard InChI is InChI=1S/C13H18N4O/c1-9(18-2)10-3-5-11(6-4-10)13(15)7-8-16-12(14)17-13/h3-9H,15H2,1-2H3,(H3,14,16,17). The second kappa shape index (κ2) is 4.80. The van der Waals surface area contributed by atoms with E-state index in [1.165, 1.54) is 0 Å². The summed E-state index contributed by atoms with van der Waals surface area (Å²) in [6.45, 7) is 1.99. The molecule has 0 radical (unpaired) electrons. The first kappa shape index (κ1) is 12.6. The Hall–Kier alpha value is -1.85. The van der Waals surface area contributed by atoms with Crippen molar-refractivity contribution in [2.24, 2.45) is 16.5 Å². The Labute approximate surface area is 107 Å². The Kier molecular flexibility index (Phi) is 3.36. The number of methoxy groups -OCH3 is 1. The summed E-state index contributed by atoms with van der Waals surface area (Å²) in [6.07, 6.45) is 3.54. The molecular weight excluding hydrogens is 228 g/mol. The number of ether oxygens (including phenoxy) is 1. The van der Waals surface area contributed by atoms with Crippen LogP contribution in [-0.2, 0) is 10.4 Å². The van der Waals surface area contributed by atoms with Crippen LogP contribution in [0.4, 0.5) is 0 Å². The molecule has 0 aliphatic carbocycles. The molecule has 1 aliphatic heterocycles. The smallest absolute Gasteiger partial charge is 0.195 e. The second-order valence-electron chi connectivity index (χ2n) is 4.30. The summed E-state index contributed by atoms with van der Waals surface area (Å²) in [7, 11) is 1.68. The van der Waals surface area contributed by atoms with Gasteiger partial charge in [-0.2, -0.15) is 0 Å². The lowest BCUT2D eigenvalue weighted by molar-refractivity contribution is 0.119. The second-order valence-corrected chi connectivity index (χ2v) is 4.30. The number of nitrogens with zero attached hydrogens (tertiary/aromatic N) is 1. The number of nitrogens with one attached hydrogen (secondary N) is 1. The summed E-state index contributed by atoms with van der Waals surface area (Å²) < 4.78 is 5.26. The highest BCUT2D eigenvalue weighted by molar-refractivity contribution is 5.80. The molecule has 96 valence electrons. The summed E-state index contributed by atoms with van der Waals surface area (Å²) >= 11 is 0. The molecule has 2 unspecified atom stereocenters. The Balaban J connectivity index is 2.29. The van der Waals surface area contributed by atoms with Crippen LogP contribution in [0.5, 0.6) is 0 Å². The minimum absolute atomic E-state index is 0.0601. The minimum Gasteiger partial charge on any atom is -0.377 e. The Morgan fingerprint density at radius 2 is 2.00 bits per heavy atom. The molecule has 0 spiro atoms. The fourth-order valence-electron chi connectivity index (χ4n) is 1.84. The monoisotopic (exact) mass is 246 g/mol. The maximum absolute atomic E-state index is 6.20. The van der Waals surface area contributed by atoms with E-state index < -0.39 is 5.66 Å². The Bertz CT molecular complexity index is 480. The van der Waals surface area contributed by atoms with Gasteiger partial charge in [0.25, 0.3) is 0 Å². The van der Waals surface area contributed by atoms with E-state index in [9.17, 15) is 0 Å². The van der Waals surface area contributed by atoms with E-state index in [0.29, 0.717) is 5.96 Å². The Morgan fingerprint density at radius 3 is 2.56 bits per heavy atom. The van der Waals surface area contributed by atoms with Crippen LogP contribution in [-0.4, -0.2) is 13.1 Å². The molecule has 5 heteroatoms. The molecule has 0 fully saturated rings. The lowest BCUT2D eigenvalue weighted by Crippen LogP contribution is -2.42. The van der Waals surface area contributed by atoms with Crippen molar-refractivity contribution in [2.45, 2.75) is 18.7 Å². The number of nitrogens with two attached hydrogens (primary N) is 2. The molecule has 1 aliphatic rings. The maximum atomic E-state index is 6.20. The van der Waals surface area contributed by atoms with Crippen molar-refractivity contribution in [3.63, 3.8) is 0 Å². The van der Waals surface area contributed by atoms with E-state index in [-0.39, 0.29) is 6.10 Å². The van der Waals surface area contributed by atoms with E-state index in [0.717, 1.165) is 11.1 Å². The van der Waals surface area contributed by atoms with Gasteiger partial charge in [0, 0.05) is 13.3 Å². The lowest BCUT2D eigenvalue weighted by atomic mass is 9.98. The molecule has 5 nitrogen and oxygen atoms in total. The normalized spacial score (nSPS) is 24.3. The minimum atomic E-state index is -0.899. The predicted octanol–water partition coefficient (Wildman–Crippen LogP) is 0.937. The van der Waals surface area contributed by atoms with Crippen LogP contribution in [0.2, 0.25) is 0 Å². The van der Waals surface area contributed by atoms with E-state index in [2.05, 4.69) is 10.3 Å². The van der Waals surface area contributed by atoms with Gasteiger partial charge >= 0.3 is 0 Å². The third-order valence-electron chi connectivity index (χ3n) is 3.07. The van der Waals surface area contributed by atoms with Gasteiger partial charge in [0.05, 0.1) is 6.10 Å². The highest BCUT2D eigenvalue weighted by Gasteiger charge is 2.25. The number of hydrogen-bond acceptors (Lipinski definition) is 5. The van der Waals surface area contributed by atoms with Crippen molar-refractivity contribution in [1.82, 2.24) is 5.32 Å². The van der Waals surface area contributed by atoms with Crippen molar-refractivity contribution in [2.75, 3.05) is 7.11 Å². The van der Waals surface area contributed by atoms with Gasteiger partial charge in [-0.15, -0.1) is 0 Å². The van der Waals surface area contributed by atoms with Crippen molar-refractivity contribution >= 4 is 5.96 Å². The predicted molar refractivity (Wildman–Crippen MR) is 71.6 cm³/mol. The van der Waals surface area contributed by atoms with Crippen LogP contribution in [0, 0.1) is 0 Å². The average Bonchev–Trinajstić information content (AvgIpc) is 2.38. The molecule has 0 saturated carbocycles. The van der Waals surface area contributed by atoms with E-state index in [1.807, 2.05) is 31.2 Å². The van der Waals surface area contributed by atoms with Crippen LogP contribution in [0.25, 0.3) is 0 Å². The van der Waals surface area contributed by atoms with Crippen LogP contribution in [0.1, 0.15) is 24.2 Å². The highest BCUT2D eigenvalue weighted by Crippen LogP contribution is 2.25. The molecule has 1 heterocycles. The van der Waals surface area contributed by atoms with E-state index in [4.69, 9.17) is 16.2 Å². The molecule has 0 aromatic heterocycles. The molecular formula is C13H18N4O. The zero-order valence-corrected chi connectivity index (χ0v) is 10.6. The van der Waals surface area contributed by atoms with Gasteiger partial charge in [-0.1, -0.05) is 24.3 Å². The van der Waals surface area contributed by atoms with Gasteiger partial charge in [0.1, 0.15) is 0 Å². The van der Waals surface area contributed by atoms with Crippen LogP contribution >= 0.6 is 0 Å². The topological polar surface area (TPSA) is 85.7 Å². The van der Waals surface area contributed by atoms with Crippen molar-refractivity contribution < 1.29 is 4.74 Å². The van der Waals surface area contributed by atoms with Gasteiger partial charge in [-0.25, -0.2) is 4.99 Å². The molecule has 0 bridgehead atoms. The molecule has 0 saturated heterocycles. The molecule has 2 rings (SSSR count). The summed E-state index contributed by atoms with van der Waals surface area (Å²) in [5.41, 5.74) is 12.9. The van der Waals surface area contributed by atoms with Crippen molar-refractivity contribution in [1.29, 1.82) is 0 Å². The Morgan fingerprint density at radius 1 is 1.33 bits per heavy atom. The zero-order chi connectivity index (χ0) is 13.2. The first-order valence-electron chi connectivity index (χ1n) is 5.77. The summed E-state index contributed by atoms with van der Waals surface area (Å²) in [6, 6.07) is 7.86. The quantitative estimate of drug-likeness (QED) is 0.741. The molecule has 0 amide bonds. The third kappa shape index (κ3) is 2.37. The molecule has 1 aromatic carbocycles. The van der Waals surface area contributed by atoms with E-state index >= 15 is 0 Å². The number of rotatable bonds is 3. The zero-order valence-electron chi connectivity index (χ0n) is 10.6.